The highest BCUT2D eigenvalue weighted by atomic mass is 16.3. The molecule has 0 aliphatic heterocycles. The molecule has 0 saturated carbocycles. The number of pyridine rings is 1. The molecule has 0 atom stereocenters. The van der Waals surface area contributed by atoms with Gasteiger partial charge in [-0.2, -0.15) is 0 Å². The summed E-state index contributed by atoms with van der Waals surface area (Å²) in [7, 11) is 0. The molecule has 3 N–H and O–H groups in total. The topological polar surface area (TPSA) is 94.5 Å². The maximum absolute atomic E-state index is 11.9. The quantitative estimate of drug-likeness (QED) is 0.640. The monoisotopic (exact) mass is 335 g/mol. The number of aromatic nitrogens is 1. The second kappa shape index (κ2) is 7.00. The summed E-state index contributed by atoms with van der Waals surface area (Å²) in [5, 5.41) is 13.9. The first-order valence-corrected chi connectivity index (χ1v) is 7.75. The number of nitrogens with one attached hydrogen (secondary N) is 2. The number of amides is 1. The van der Waals surface area contributed by atoms with E-state index in [0.29, 0.717) is 28.6 Å². The number of rotatable bonds is 4. The number of hydrogen-bond donors (Lipinski definition) is 3. The summed E-state index contributed by atoms with van der Waals surface area (Å²) in [6.45, 7) is 1.83. The van der Waals surface area contributed by atoms with Crippen LogP contribution in [0.3, 0.4) is 0 Å². The Balaban J connectivity index is 1.87. The Morgan fingerprint density at radius 2 is 1.96 bits per heavy atom. The van der Waals surface area contributed by atoms with Gasteiger partial charge in [-0.1, -0.05) is 30.3 Å². The van der Waals surface area contributed by atoms with Gasteiger partial charge < -0.3 is 10.4 Å². The van der Waals surface area contributed by atoms with Crippen molar-refractivity contribution < 1.29 is 9.90 Å². The van der Waals surface area contributed by atoms with Crippen molar-refractivity contribution in [1.29, 1.82) is 0 Å². The van der Waals surface area contributed by atoms with E-state index in [9.17, 15) is 14.7 Å². The highest BCUT2D eigenvalue weighted by molar-refractivity contribution is 6.01. The lowest BCUT2D eigenvalue weighted by Crippen LogP contribution is -2.08. The number of carbonyl (C=O) groups is 1. The third-order valence-electron chi connectivity index (χ3n) is 3.69. The van der Waals surface area contributed by atoms with Crippen LogP contribution in [0.25, 0.3) is 10.8 Å². The van der Waals surface area contributed by atoms with Gasteiger partial charge in [-0.3, -0.25) is 19.6 Å². The first-order valence-electron chi connectivity index (χ1n) is 7.75. The molecule has 1 amide bonds. The standard InChI is InChI=1S/C19H17N3O3/c1-12(23)21-14-6-4-5-13(9-14)10-20-11-17-15-7-2-3-8-16(15)18(24)22-19(17)25/h2-9,11H,10H2,1H3,(H,21,23)(H2,22,24,25). The van der Waals surface area contributed by atoms with Crippen LogP contribution in [0.15, 0.2) is 58.3 Å². The van der Waals surface area contributed by atoms with Gasteiger partial charge in [-0.05, 0) is 23.8 Å². The molecule has 3 aromatic rings. The van der Waals surface area contributed by atoms with Crippen LogP contribution < -0.4 is 10.9 Å². The molecule has 126 valence electrons. The van der Waals surface area contributed by atoms with Gasteiger partial charge in [0.05, 0.1) is 12.1 Å². The molecule has 3 rings (SSSR count). The fourth-order valence-corrected chi connectivity index (χ4v) is 2.61. The summed E-state index contributed by atoms with van der Waals surface area (Å²) in [5.74, 6) is -0.343. The summed E-state index contributed by atoms with van der Waals surface area (Å²) in [4.78, 5) is 29.8. The average Bonchev–Trinajstić information content (AvgIpc) is 2.57. The maximum atomic E-state index is 11.9. The van der Waals surface area contributed by atoms with Crippen molar-refractivity contribution >= 4 is 28.6 Å². The van der Waals surface area contributed by atoms with Crippen LogP contribution in [-0.4, -0.2) is 22.2 Å². The first kappa shape index (κ1) is 16.4. The third-order valence-corrected chi connectivity index (χ3v) is 3.69. The van der Waals surface area contributed by atoms with Gasteiger partial charge in [-0.15, -0.1) is 0 Å². The molecule has 2 aromatic carbocycles. The molecule has 0 spiro atoms. The van der Waals surface area contributed by atoms with E-state index < -0.39 is 0 Å². The van der Waals surface area contributed by atoms with E-state index in [1.165, 1.54) is 6.92 Å². The van der Waals surface area contributed by atoms with Gasteiger partial charge in [0.1, 0.15) is 0 Å². The fraction of sp³-hybridized carbons (Fsp3) is 0.105. The largest absolute Gasteiger partial charge is 0.494 e. The van der Waals surface area contributed by atoms with Crippen molar-refractivity contribution in [2.24, 2.45) is 4.99 Å². The number of hydrogen-bond acceptors (Lipinski definition) is 4. The highest BCUT2D eigenvalue weighted by Crippen LogP contribution is 2.20. The minimum atomic E-state index is -0.340. The number of H-pyrrole nitrogens is 1. The fourth-order valence-electron chi connectivity index (χ4n) is 2.61. The third kappa shape index (κ3) is 3.74. The van der Waals surface area contributed by atoms with Crippen molar-refractivity contribution in [2.75, 3.05) is 5.32 Å². The SMILES string of the molecule is CC(=O)Nc1cccc(CN=Cc2c(O)[nH]c(=O)c3ccccc23)c1. The normalized spacial score (nSPS) is 11.1. The zero-order valence-electron chi connectivity index (χ0n) is 13.6. The highest BCUT2D eigenvalue weighted by Gasteiger charge is 2.08. The summed E-state index contributed by atoms with van der Waals surface area (Å²) in [6.07, 6.45) is 1.54. The van der Waals surface area contributed by atoms with Crippen LogP contribution >= 0.6 is 0 Å². The van der Waals surface area contributed by atoms with Gasteiger partial charge in [0.2, 0.25) is 11.8 Å². The van der Waals surface area contributed by atoms with Crippen LogP contribution in [0.1, 0.15) is 18.1 Å². The van der Waals surface area contributed by atoms with Crippen LogP contribution in [0.4, 0.5) is 5.69 Å². The number of fused-ring (bicyclic) bond motifs is 1. The number of aliphatic imine (C=N–C) groups is 1. The van der Waals surface area contributed by atoms with Crippen LogP contribution in [0.5, 0.6) is 5.88 Å². The Kier molecular flexibility index (Phi) is 4.61. The molecule has 0 radical (unpaired) electrons. The molecular formula is C19H17N3O3. The Bertz CT molecular complexity index is 1020. The Labute approximate surface area is 143 Å². The predicted molar refractivity (Wildman–Crippen MR) is 98.3 cm³/mol. The van der Waals surface area contributed by atoms with Crippen molar-refractivity contribution in [3.05, 3.63) is 70.0 Å². The molecule has 0 aliphatic carbocycles. The van der Waals surface area contributed by atoms with Crippen LogP contribution in [0.2, 0.25) is 0 Å². The Hall–Kier alpha value is -3.41. The number of carbonyl (C=O) groups excluding carboxylic acids is 1. The molecule has 6 heteroatoms. The molecule has 0 bridgehead atoms. The molecule has 6 nitrogen and oxygen atoms in total. The molecular weight excluding hydrogens is 318 g/mol. The van der Waals surface area contributed by atoms with Gasteiger partial charge in [0, 0.05) is 29.6 Å². The Morgan fingerprint density at radius 1 is 1.20 bits per heavy atom. The minimum absolute atomic E-state index is 0.134. The lowest BCUT2D eigenvalue weighted by Gasteiger charge is -2.05. The molecule has 0 aliphatic rings. The van der Waals surface area contributed by atoms with E-state index in [0.717, 1.165) is 5.56 Å². The number of nitrogens with zero attached hydrogens (tertiary/aromatic N) is 1. The zero-order valence-corrected chi connectivity index (χ0v) is 13.6. The van der Waals surface area contributed by atoms with E-state index in [2.05, 4.69) is 15.3 Å². The second-order valence-corrected chi connectivity index (χ2v) is 5.61. The van der Waals surface area contributed by atoms with Crippen molar-refractivity contribution in [1.82, 2.24) is 4.98 Å². The number of benzene rings is 2. The minimum Gasteiger partial charge on any atom is -0.494 e. The van der Waals surface area contributed by atoms with Gasteiger partial charge in [-0.25, -0.2) is 0 Å². The van der Waals surface area contributed by atoms with Crippen molar-refractivity contribution in [3.8, 4) is 5.88 Å². The lowest BCUT2D eigenvalue weighted by molar-refractivity contribution is -0.114. The number of aromatic amines is 1. The lowest BCUT2D eigenvalue weighted by atomic mass is 10.1. The second-order valence-electron chi connectivity index (χ2n) is 5.61. The summed E-state index contributed by atoms with van der Waals surface area (Å²) in [5.41, 5.74) is 1.75. The summed E-state index contributed by atoms with van der Waals surface area (Å²) in [6, 6.07) is 14.4. The number of aromatic hydroxyl groups is 1. The zero-order chi connectivity index (χ0) is 17.8. The van der Waals surface area contributed by atoms with E-state index in [1.807, 2.05) is 18.2 Å². The van der Waals surface area contributed by atoms with Crippen molar-refractivity contribution in [2.45, 2.75) is 13.5 Å². The van der Waals surface area contributed by atoms with Gasteiger partial charge in [0.25, 0.3) is 5.56 Å². The molecule has 1 aromatic heterocycles. The van der Waals surface area contributed by atoms with Crippen LogP contribution in [-0.2, 0) is 11.3 Å². The summed E-state index contributed by atoms with van der Waals surface area (Å²) >= 11 is 0. The molecule has 25 heavy (non-hydrogen) atoms. The smallest absolute Gasteiger partial charge is 0.258 e. The Morgan fingerprint density at radius 3 is 2.72 bits per heavy atom. The average molecular weight is 335 g/mol. The number of anilines is 1. The molecule has 1 heterocycles. The van der Waals surface area contributed by atoms with E-state index in [4.69, 9.17) is 0 Å². The maximum Gasteiger partial charge on any atom is 0.258 e. The molecule has 0 fully saturated rings. The van der Waals surface area contributed by atoms with Crippen LogP contribution in [0, 0.1) is 0 Å². The van der Waals surface area contributed by atoms with Gasteiger partial charge >= 0.3 is 0 Å². The predicted octanol–water partition coefficient (Wildman–Crippen LogP) is 2.81. The van der Waals surface area contributed by atoms with Gasteiger partial charge in [0.15, 0.2) is 0 Å². The summed E-state index contributed by atoms with van der Waals surface area (Å²) < 4.78 is 0. The van der Waals surface area contributed by atoms with E-state index in [1.54, 1.807) is 36.5 Å². The van der Waals surface area contributed by atoms with E-state index in [-0.39, 0.29) is 17.3 Å². The molecule has 0 saturated heterocycles. The molecule has 0 unspecified atom stereocenters. The van der Waals surface area contributed by atoms with E-state index >= 15 is 0 Å². The van der Waals surface area contributed by atoms with Crippen molar-refractivity contribution in [3.63, 3.8) is 0 Å². The first-order chi connectivity index (χ1) is 12.0.